The van der Waals surface area contributed by atoms with E-state index in [1.807, 2.05) is 27.3 Å². The summed E-state index contributed by atoms with van der Waals surface area (Å²) in [4.78, 5) is 23.4. The summed E-state index contributed by atoms with van der Waals surface area (Å²) in [5.74, 6) is 0.192. The molecule has 2 rings (SSSR count). The minimum atomic E-state index is -4.01. The van der Waals surface area contributed by atoms with Gasteiger partial charge in [0.1, 0.15) is 10.7 Å². The molecular weight excluding hydrogens is 444 g/mol. The fourth-order valence-corrected chi connectivity index (χ4v) is 3.82. The molecule has 0 bridgehead atoms. The molecule has 0 radical (unpaired) electrons. The molecule has 2 amide bonds. The number of amides is 2. The van der Waals surface area contributed by atoms with Crippen molar-refractivity contribution < 1.29 is 17.9 Å². The van der Waals surface area contributed by atoms with Crippen molar-refractivity contribution in [3.8, 4) is 6.01 Å². The quantitative estimate of drug-likeness (QED) is 0.511. The Labute approximate surface area is 164 Å². The molecular formula is C12H13ILiN5O4S. The molecule has 1 aromatic carbocycles. The van der Waals surface area contributed by atoms with Crippen LogP contribution >= 0.6 is 22.6 Å². The van der Waals surface area contributed by atoms with Crippen molar-refractivity contribution in [2.24, 2.45) is 0 Å². The van der Waals surface area contributed by atoms with Crippen molar-refractivity contribution >= 4 is 63.5 Å². The molecule has 1 heterocycles. The van der Waals surface area contributed by atoms with Crippen LogP contribution in [0.4, 0.5) is 10.7 Å². The van der Waals surface area contributed by atoms with Crippen LogP contribution in [-0.2, 0) is 10.0 Å². The van der Waals surface area contributed by atoms with Crippen molar-refractivity contribution in [2.75, 3.05) is 12.4 Å². The molecule has 0 unspecified atom stereocenters. The van der Waals surface area contributed by atoms with Crippen LogP contribution in [0.1, 0.15) is 5.82 Å². The molecule has 124 valence electrons. The number of methoxy groups -OCH3 is 1. The Bertz CT molecular complexity index is 849. The second kappa shape index (κ2) is 8.61. The van der Waals surface area contributed by atoms with E-state index in [0.717, 1.165) is 0 Å². The molecule has 2 N–H and O–H groups in total. The van der Waals surface area contributed by atoms with E-state index in [1.54, 1.807) is 25.1 Å². The number of carbonyl (C=O) groups is 1. The van der Waals surface area contributed by atoms with E-state index in [4.69, 9.17) is 4.74 Å². The first kappa shape index (κ1) is 20.6. The van der Waals surface area contributed by atoms with Gasteiger partial charge in [0.25, 0.3) is 10.0 Å². The normalized spacial score (nSPS) is 10.5. The van der Waals surface area contributed by atoms with Gasteiger partial charge >= 0.3 is 30.9 Å². The second-order valence-corrected chi connectivity index (χ2v) is 7.00. The van der Waals surface area contributed by atoms with E-state index >= 15 is 0 Å². The van der Waals surface area contributed by atoms with Crippen LogP contribution < -0.4 is 14.8 Å². The molecule has 9 nitrogen and oxygen atoms in total. The Morgan fingerprint density at radius 3 is 2.50 bits per heavy atom. The van der Waals surface area contributed by atoms with Gasteiger partial charge in [-0.25, -0.2) is 17.9 Å². The Hall–Kier alpha value is -1.42. The monoisotopic (exact) mass is 457 g/mol. The molecule has 2 aromatic rings. The molecule has 0 saturated carbocycles. The molecule has 12 heteroatoms. The number of benzene rings is 1. The van der Waals surface area contributed by atoms with Gasteiger partial charge < -0.3 is 4.74 Å². The van der Waals surface area contributed by atoms with E-state index in [9.17, 15) is 13.2 Å². The summed E-state index contributed by atoms with van der Waals surface area (Å²) in [7, 11) is -2.65. The van der Waals surface area contributed by atoms with Crippen LogP contribution in [0.3, 0.4) is 0 Å². The van der Waals surface area contributed by atoms with Gasteiger partial charge in [0.15, 0.2) is 0 Å². The standard InChI is InChI=1S/C12H12IN5O4S.Li.H/c1-7-14-10(17-12(15-7)22-2)16-11(19)18-23(20,21)9-6-4-3-5-8(9)13;;/h3-6H,1-2H3,(H2,14,15,16,17,18,19);;. The molecule has 0 fully saturated rings. The number of nitrogens with zero attached hydrogens (tertiary/aromatic N) is 3. The predicted molar refractivity (Wildman–Crippen MR) is 96.8 cm³/mol. The van der Waals surface area contributed by atoms with E-state index < -0.39 is 16.1 Å². The molecule has 0 atom stereocenters. The van der Waals surface area contributed by atoms with Crippen molar-refractivity contribution in [1.82, 2.24) is 19.7 Å². The van der Waals surface area contributed by atoms with Gasteiger partial charge in [-0.2, -0.15) is 15.0 Å². The van der Waals surface area contributed by atoms with Crippen molar-refractivity contribution in [1.29, 1.82) is 0 Å². The van der Waals surface area contributed by atoms with Crippen molar-refractivity contribution in [2.45, 2.75) is 11.8 Å². The van der Waals surface area contributed by atoms with E-state index in [2.05, 4.69) is 20.3 Å². The van der Waals surface area contributed by atoms with Gasteiger partial charge in [-0.1, -0.05) is 12.1 Å². The number of nitrogens with one attached hydrogen (secondary N) is 2. The topological polar surface area (TPSA) is 123 Å². The second-order valence-electron chi connectivity index (χ2n) is 4.18. The summed E-state index contributed by atoms with van der Waals surface area (Å²) in [6.45, 7) is 1.58. The maximum atomic E-state index is 12.2. The van der Waals surface area contributed by atoms with E-state index in [0.29, 0.717) is 9.39 Å². The van der Waals surface area contributed by atoms with Crippen LogP contribution in [-0.4, -0.2) is 55.4 Å². The molecule has 0 saturated heterocycles. The first-order valence-electron chi connectivity index (χ1n) is 6.17. The molecule has 0 aliphatic carbocycles. The van der Waals surface area contributed by atoms with Gasteiger partial charge in [0.2, 0.25) is 5.95 Å². The Morgan fingerprint density at radius 2 is 1.88 bits per heavy atom. The number of carbonyl (C=O) groups excluding carboxylic acids is 1. The zero-order chi connectivity index (χ0) is 17.0. The molecule has 0 aliphatic heterocycles. The first-order valence-corrected chi connectivity index (χ1v) is 8.73. The summed E-state index contributed by atoms with van der Waals surface area (Å²) in [6.07, 6.45) is 0. The van der Waals surface area contributed by atoms with Gasteiger partial charge in [-0.15, -0.1) is 0 Å². The van der Waals surface area contributed by atoms with Crippen molar-refractivity contribution in [3.63, 3.8) is 0 Å². The number of aryl methyl sites for hydroxylation is 1. The summed E-state index contributed by atoms with van der Waals surface area (Å²) in [5.41, 5.74) is 0. The number of hydrogen-bond acceptors (Lipinski definition) is 7. The first-order chi connectivity index (χ1) is 10.8. The Morgan fingerprint density at radius 1 is 1.21 bits per heavy atom. The molecule has 0 aliphatic rings. The van der Waals surface area contributed by atoms with E-state index in [-0.39, 0.29) is 35.7 Å². The zero-order valence-electron chi connectivity index (χ0n) is 12.1. The predicted octanol–water partition coefficient (Wildman–Crippen LogP) is 0.655. The Balaban J connectivity index is 0.00000288. The molecule has 0 spiro atoms. The van der Waals surface area contributed by atoms with Gasteiger partial charge in [0.05, 0.1) is 7.11 Å². The maximum absolute atomic E-state index is 12.2. The molecule has 1 aromatic heterocycles. The number of sulfonamides is 1. The average Bonchev–Trinajstić information content (AvgIpc) is 2.46. The number of anilines is 1. The Kier molecular flexibility index (Phi) is 7.40. The summed E-state index contributed by atoms with van der Waals surface area (Å²) in [6, 6.07) is 5.29. The van der Waals surface area contributed by atoms with Gasteiger partial charge in [0, 0.05) is 3.57 Å². The third kappa shape index (κ3) is 5.30. The molecule has 24 heavy (non-hydrogen) atoms. The van der Waals surface area contributed by atoms with Crippen molar-refractivity contribution in [3.05, 3.63) is 33.7 Å². The minimum absolute atomic E-state index is 0. The van der Waals surface area contributed by atoms with E-state index in [1.165, 1.54) is 13.2 Å². The summed E-state index contributed by atoms with van der Waals surface area (Å²) < 4.78 is 31.6. The van der Waals surface area contributed by atoms with Gasteiger partial charge in [-0.3, -0.25) is 5.32 Å². The number of aromatic nitrogens is 3. The summed E-state index contributed by atoms with van der Waals surface area (Å²) >= 11 is 1.87. The van der Waals surface area contributed by atoms with Crippen LogP contribution in [0.15, 0.2) is 29.2 Å². The third-order valence-electron chi connectivity index (χ3n) is 2.49. The fraction of sp³-hybridized carbons (Fsp3) is 0.167. The third-order valence-corrected chi connectivity index (χ3v) is 5.18. The number of hydrogen-bond donors (Lipinski definition) is 2. The fourth-order valence-electron chi connectivity index (χ4n) is 1.57. The van der Waals surface area contributed by atoms with Crippen LogP contribution in [0.5, 0.6) is 6.01 Å². The SMILES string of the molecule is COc1nc(C)nc(NC(=O)NS(=O)(=O)c2ccccc2I)n1.[LiH]. The van der Waals surface area contributed by atoms with Crippen LogP contribution in [0.2, 0.25) is 0 Å². The number of urea groups is 1. The van der Waals surface area contributed by atoms with Crippen LogP contribution in [0, 0.1) is 10.5 Å². The number of ether oxygens (including phenoxy) is 1. The van der Waals surface area contributed by atoms with Gasteiger partial charge in [-0.05, 0) is 41.6 Å². The zero-order valence-corrected chi connectivity index (χ0v) is 15.0. The summed E-state index contributed by atoms with van der Waals surface area (Å²) in [5, 5.41) is 2.23. The number of halogens is 1. The average molecular weight is 457 g/mol. The van der Waals surface area contributed by atoms with Crippen LogP contribution in [0.25, 0.3) is 0 Å². The number of rotatable bonds is 4.